The lowest BCUT2D eigenvalue weighted by Crippen LogP contribution is -1.88. The van der Waals surface area contributed by atoms with E-state index >= 15 is 0 Å². The second-order valence-corrected chi connectivity index (χ2v) is 7.20. The zero-order valence-corrected chi connectivity index (χ0v) is 9.69. The van der Waals surface area contributed by atoms with Crippen molar-refractivity contribution in [3.8, 4) is 0 Å². The number of rotatable bonds is 6. The summed E-state index contributed by atoms with van der Waals surface area (Å²) in [6.07, 6.45) is 3.24. The van der Waals surface area contributed by atoms with E-state index in [0.717, 1.165) is 19.3 Å². The minimum atomic E-state index is -2.54. The Morgan fingerprint density at radius 2 is 2.18 bits per heavy atom. The molecule has 2 nitrogen and oxygen atoms in total. The van der Waals surface area contributed by atoms with Crippen LogP contribution in [0.3, 0.4) is 0 Å². The first-order valence-electron chi connectivity index (χ1n) is 3.40. The van der Waals surface area contributed by atoms with Crippen molar-refractivity contribution in [2.24, 2.45) is 0 Å². The van der Waals surface area contributed by atoms with Crippen LogP contribution in [0.25, 0.3) is 0 Å². The Labute approximate surface area is 83.2 Å². The van der Waals surface area contributed by atoms with Gasteiger partial charge in [-0.3, -0.25) is 0 Å². The molecule has 0 aliphatic carbocycles. The summed E-state index contributed by atoms with van der Waals surface area (Å²) in [4.78, 5) is 0. The minimum Gasteiger partial charge on any atom is -0.317 e. The van der Waals surface area contributed by atoms with Gasteiger partial charge >= 0.3 is 0 Å². The van der Waals surface area contributed by atoms with Gasteiger partial charge < -0.3 is 4.52 Å². The van der Waals surface area contributed by atoms with Gasteiger partial charge in [0.2, 0.25) is 0 Å². The van der Waals surface area contributed by atoms with Crippen molar-refractivity contribution in [2.45, 2.75) is 26.2 Å². The van der Waals surface area contributed by atoms with Crippen molar-refractivity contribution in [3.05, 3.63) is 0 Å². The zero-order valence-electron chi connectivity index (χ0n) is 6.33. The minimum absolute atomic E-state index is 0.565. The molecule has 0 radical (unpaired) electrons. The number of hydrogen-bond donors (Lipinski definition) is 1. The van der Waals surface area contributed by atoms with E-state index in [0.29, 0.717) is 6.61 Å². The lowest BCUT2D eigenvalue weighted by atomic mass is 10.3. The van der Waals surface area contributed by atoms with Crippen LogP contribution in [0.2, 0.25) is 0 Å². The van der Waals surface area contributed by atoms with Crippen LogP contribution in [0.1, 0.15) is 26.2 Å². The number of halogens is 1. The summed E-state index contributed by atoms with van der Waals surface area (Å²) < 4.78 is 9.55. The average molecular weight is 235 g/mol. The zero-order chi connectivity index (χ0) is 8.74. The van der Waals surface area contributed by atoms with Crippen molar-refractivity contribution in [1.82, 2.24) is 0 Å². The molecule has 68 valence electrons. The molecule has 0 aliphatic heterocycles. The first-order chi connectivity index (χ1) is 5.12. The predicted molar refractivity (Wildman–Crippen MR) is 55.7 cm³/mol. The Morgan fingerprint density at radius 3 is 2.64 bits per heavy atom. The van der Waals surface area contributed by atoms with E-state index in [-0.39, 0.29) is 0 Å². The highest BCUT2D eigenvalue weighted by Gasteiger charge is 2.11. The van der Waals surface area contributed by atoms with E-state index < -0.39 is 5.84 Å². The summed E-state index contributed by atoms with van der Waals surface area (Å²) in [5, 5.41) is 0. The van der Waals surface area contributed by atoms with Crippen molar-refractivity contribution >= 4 is 41.8 Å². The van der Waals surface area contributed by atoms with E-state index in [2.05, 4.69) is 23.8 Å². The summed E-state index contributed by atoms with van der Waals surface area (Å²) in [6, 6.07) is 0. The Hall–Kier alpha value is 1.21. The highest BCUT2D eigenvalue weighted by Crippen LogP contribution is 2.54. The average Bonchev–Trinajstić information content (AvgIpc) is 1.99. The Kier molecular flexibility index (Phi) is 7.43. The summed E-state index contributed by atoms with van der Waals surface area (Å²) >= 11 is 13.9. The summed E-state index contributed by atoms with van der Waals surface area (Å²) in [5.74, 6) is -2.54. The molecule has 0 amide bonds. The largest absolute Gasteiger partial charge is 0.317 e. The van der Waals surface area contributed by atoms with Gasteiger partial charge in [0.05, 0.1) is 6.61 Å². The van der Waals surface area contributed by atoms with Gasteiger partial charge in [-0.1, -0.05) is 19.8 Å². The molecule has 11 heavy (non-hydrogen) atoms. The third kappa shape index (κ3) is 7.57. The lowest BCUT2D eigenvalue weighted by Gasteiger charge is -2.10. The van der Waals surface area contributed by atoms with Crippen molar-refractivity contribution in [1.29, 1.82) is 0 Å². The third-order valence-corrected chi connectivity index (χ3v) is 4.13. The van der Waals surface area contributed by atoms with Gasteiger partial charge in [0.1, 0.15) is 0 Å². The predicted octanol–water partition coefficient (Wildman–Crippen LogP) is 3.52. The van der Waals surface area contributed by atoms with Gasteiger partial charge in [0, 0.05) is 0 Å². The van der Waals surface area contributed by atoms with Gasteiger partial charge in [-0.2, -0.15) is 0 Å². The first kappa shape index (κ1) is 12.2. The van der Waals surface area contributed by atoms with Crippen molar-refractivity contribution in [3.63, 3.8) is 0 Å². The summed E-state index contributed by atoms with van der Waals surface area (Å²) in [7, 11) is 0. The van der Waals surface area contributed by atoms with Crippen molar-refractivity contribution < 1.29 is 8.49 Å². The Balaban J connectivity index is 3.31. The van der Waals surface area contributed by atoms with Gasteiger partial charge in [-0.05, 0) is 42.4 Å². The standard InChI is InChI=1S/C5H12ClO2PS2/c1-2-3-4-5-7-9(6,11)8-10/h10H,2-5H2,1H3. The Bertz CT molecular complexity index is 144. The van der Waals surface area contributed by atoms with Crippen LogP contribution >= 0.6 is 30.0 Å². The van der Waals surface area contributed by atoms with Gasteiger partial charge in [0.15, 0.2) is 0 Å². The first-order valence-corrected chi connectivity index (χ1v) is 7.30. The number of hydrogen-bond acceptors (Lipinski definition) is 4. The lowest BCUT2D eigenvalue weighted by molar-refractivity contribution is 0.319. The van der Waals surface area contributed by atoms with E-state index in [9.17, 15) is 0 Å². The molecule has 1 atom stereocenters. The summed E-state index contributed by atoms with van der Waals surface area (Å²) in [6.45, 7) is 2.68. The van der Waals surface area contributed by atoms with E-state index in [1.807, 2.05) is 0 Å². The van der Waals surface area contributed by atoms with E-state index in [4.69, 9.17) is 27.6 Å². The fraction of sp³-hybridized carbons (Fsp3) is 1.00. The quantitative estimate of drug-likeness (QED) is 0.328. The smallest absolute Gasteiger partial charge is 0.292 e. The molecule has 0 bridgehead atoms. The molecule has 0 heterocycles. The molecular formula is C5H12ClO2PS2. The van der Waals surface area contributed by atoms with Crippen LogP contribution in [0.15, 0.2) is 0 Å². The van der Waals surface area contributed by atoms with Crippen LogP contribution < -0.4 is 0 Å². The van der Waals surface area contributed by atoms with Crippen LogP contribution in [0.5, 0.6) is 0 Å². The van der Waals surface area contributed by atoms with E-state index in [1.165, 1.54) is 0 Å². The molecule has 0 rings (SSSR count). The van der Waals surface area contributed by atoms with Crippen LogP contribution in [0.4, 0.5) is 0 Å². The van der Waals surface area contributed by atoms with Gasteiger partial charge in [-0.25, -0.2) is 3.97 Å². The van der Waals surface area contributed by atoms with Crippen LogP contribution in [-0.2, 0) is 20.3 Å². The second-order valence-electron chi connectivity index (χ2n) is 2.05. The maximum Gasteiger partial charge on any atom is 0.292 e. The van der Waals surface area contributed by atoms with E-state index in [1.54, 1.807) is 0 Å². The van der Waals surface area contributed by atoms with Crippen LogP contribution in [-0.4, -0.2) is 6.61 Å². The molecule has 6 heteroatoms. The molecule has 0 saturated carbocycles. The molecule has 0 spiro atoms. The molecule has 0 saturated heterocycles. The maximum absolute atomic E-state index is 5.60. The molecule has 0 aliphatic rings. The number of thiol groups is 1. The fourth-order valence-electron chi connectivity index (χ4n) is 0.549. The van der Waals surface area contributed by atoms with Gasteiger partial charge in [-0.15, -0.1) is 0 Å². The molecular weight excluding hydrogens is 223 g/mol. The van der Waals surface area contributed by atoms with Gasteiger partial charge in [0.25, 0.3) is 5.84 Å². The monoisotopic (exact) mass is 234 g/mol. The molecule has 0 aromatic rings. The normalized spacial score (nSPS) is 16.3. The summed E-state index contributed by atoms with van der Waals surface area (Å²) in [5.41, 5.74) is 0. The fourth-order valence-corrected chi connectivity index (χ4v) is 1.52. The molecule has 0 fully saturated rings. The number of unbranched alkanes of at least 4 members (excludes halogenated alkanes) is 2. The topological polar surface area (TPSA) is 18.5 Å². The molecule has 0 aromatic carbocycles. The second kappa shape index (κ2) is 6.70. The maximum atomic E-state index is 5.60. The third-order valence-electron chi connectivity index (χ3n) is 1.09. The highest BCUT2D eigenvalue weighted by atomic mass is 35.7. The van der Waals surface area contributed by atoms with Crippen molar-refractivity contribution in [2.75, 3.05) is 6.61 Å². The Morgan fingerprint density at radius 1 is 1.55 bits per heavy atom. The molecule has 0 N–H and O–H groups in total. The molecule has 1 unspecified atom stereocenters. The van der Waals surface area contributed by atoms with Crippen LogP contribution in [0, 0.1) is 0 Å². The molecule has 0 aromatic heterocycles. The highest BCUT2D eigenvalue weighted by molar-refractivity contribution is 8.24. The SMILES string of the molecule is CCCCCOP(=S)(Cl)OS.